The highest BCUT2D eigenvalue weighted by molar-refractivity contribution is 9.09. The number of rotatable bonds is 8. The molecular formula is C14H20BrNO2. The Kier molecular flexibility index (Phi) is 7.49. The number of likely N-dealkylation sites (N-methyl/N-ethyl adjacent to an activating group) is 1. The van der Waals surface area contributed by atoms with Crippen LogP contribution in [-0.2, 0) is 4.79 Å². The van der Waals surface area contributed by atoms with E-state index in [0.29, 0.717) is 0 Å². The Morgan fingerprint density at radius 3 is 2.61 bits per heavy atom. The van der Waals surface area contributed by atoms with Crippen LogP contribution >= 0.6 is 15.9 Å². The minimum Gasteiger partial charge on any atom is -0.484 e. The number of halogens is 1. The minimum atomic E-state index is 0.0256. The van der Waals surface area contributed by atoms with Crippen LogP contribution in [0.4, 0.5) is 0 Å². The number of para-hydroxylation sites is 1. The molecule has 0 spiro atoms. The van der Waals surface area contributed by atoms with E-state index in [9.17, 15) is 4.79 Å². The van der Waals surface area contributed by atoms with Gasteiger partial charge in [-0.25, -0.2) is 0 Å². The van der Waals surface area contributed by atoms with Gasteiger partial charge in [0.25, 0.3) is 5.91 Å². The normalized spacial score (nSPS) is 10.1. The molecule has 0 radical (unpaired) electrons. The molecule has 0 N–H and O–H groups in total. The predicted molar refractivity (Wildman–Crippen MR) is 77.2 cm³/mol. The van der Waals surface area contributed by atoms with Crippen LogP contribution in [0.2, 0.25) is 0 Å². The lowest BCUT2D eigenvalue weighted by atomic mass is 10.2. The quantitative estimate of drug-likeness (QED) is 0.545. The van der Waals surface area contributed by atoms with Crippen molar-refractivity contribution in [3.63, 3.8) is 0 Å². The van der Waals surface area contributed by atoms with E-state index in [1.54, 1.807) is 4.90 Å². The lowest BCUT2D eigenvalue weighted by molar-refractivity contribution is -0.132. The Bertz CT molecular complexity index is 343. The summed E-state index contributed by atoms with van der Waals surface area (Å²) >= 11 is 3.40. The summed E-state index contributed by atoms with van der Waals surface area (Å²) in [6.07, 6.45) is 3.34. The summed E-state index contributed by atoms with van der Waals surface area (Å²) in [5.74, 6) is 0.760. The molecule has 1 aromatic rings. The van der Waals surface area contributed by atoms with Gasteiger partial charge in [-0.2, -0.15) is 0 Å². The van der Waals surface area contributed by atoms with Crippen LogP contribution in [0, 0.1) is 0 Å². The van der Waals surface area contributed by atoms with E-state index >= 15 is 0 Å². The van der Waals surface area contributed by atoms with Crippen molar-refractivity contribution in [2.45, 2.75) is 19.3 Å². The molecule has 0 saturated carbocycles. The van der Waals surface area contributed by atoms with Gasteiger partial charge in [0.15, 0.2) is 6.61 Å². The van der Waals surface area contributed by atoms with Gasteiger partial charge in [0, 0.05) is 18.9 Å². The Morgan fingerprint density at radius 2 is 1.94 bits per heavy atom. The fourth-order valence-electron chi connectivity index (χ4n) is 1.52. The van der Waals surface area contributed by atoms with Crippen molar-refractivity contribution in [1.29, 1.82) is 0 Å². The first-order chi connectivity index (χ1) is 8.74. The molecule has 1 aromatic carbocycles. The molecular weight excluding hydrogens is 294 g/mol. The largest absolute Gasteiger partial charge is 0.484 e. The predicted octanol–water partition coefficient (Wildman–Crippen LogP) is 3.09. The summed E-state index contributed by atoms with van der Waals surface area (Å²) < 4.78 is 5.42. The molecule has 0 saturated heterocycles. The first-order valence-electron chi connectivity index (χ1n) is 6.22. The van der Waals surface area contributed by atoms with Gasteiger partial charge >= 0.3 is 0 Å². The van der Waals surface area contributed by atoms with Gasteiger partial charge < -0.3 is 9.64 Å². The van der Waals surface area contributed by atoms with Crippen molar-refractivity contribution in [3.05, 3.63) is 30.3 Å². The molecule has 0 unspecified atom stereocenters. The highest BCUT2D eigenvalue weighted by atomic mass is 79.9. The molecule has 4 heteroatoms. The van der Waals surface area contributed by atoms with E-state index in [2.05, 4.69) is 15.9 Å². The van der Waals surface area contributed by atoms with E-state index in [1.165, 1.54) is 0 Å². The Labute approximate surface area is 117 Å². The van der Waals surface area contributed by atoms with E-state index in [-0.39, 0.29) is 12.5 Å². The second-order valence-corrected chi connectivity index (χ2v) is 4.96. The summed E-state index contributed by atoms with van der Waals surface area (Å²) in [4.78, 5) is 13.5. The zero-order chi connectivity index (χ0) is 13.2. The molecule has 0 aliphatic heterocycles. The fraction of sp³-hybridized carbons (Fsp3) is 0.500. The maximum absolute atomic E-state index is 11.8. The summed E-state index contributed by atoms with van der Waals surface area (Å²) in [7, 11) is 1.82. The summed E-state index contributed by atoms with van der Waals surface area (Å²) in [5.41, 5.74) is 0. The van der Waals surface area contributed by atoms with Crippen LogP contribution < -0.4 is 4.74 Å². The Hall–Kier alpha value is -1.03. The standard InChI is InChI=1S/C14H20BrNO2/c1-16(11-7-3-6-10-15)14(17)12-18-13-8-4-2-5-9-13/h2,4-5,8-9H,3,6-7,10-12H2,1H3. The smallest absolute Gasteiger partial charge is 0.260 e. The lowest BCUT2D eigenvalue weighted by Crippen LogP contribution is -2.32. The van der Waals surface area contributed by atoms with E-state index < -0.39 is 0 Å². The molecule has 0 aliphatic rings. The van der Waals surface area contributed by atoms with Crippen molar-refractivity contribution < 1.29 is 9.53 Å². The molecule has 0 aliphatic carbocycles. The molecule has 0 atom stereocenters. The van der Waals surface area contributed by atoms with E-state index in [0.717, 1.165) is 36.9 Å². The number of amides is 1. The van der Waals surface area contributed by atoms with E-state index in [1.807, 2.05) is 37.4 Å². The SMILES string of the molecule is CN(CCCCCBr)C(=O)COc1ccccc1. The van der Waals surface area contributed by atoms with Crippen molar-refractivity contribution in [2.75, 3.05) is 25.5 Å². The Morgan fingerprint density at radius 1 is 1.22 bits per heavy atom. The van der Waals surface area contributed by atoms with Gasteiger partial charge in [-0.15, -0.1) is 0 Å². The first-order valence-corrected chi connectivity index (χ1v) is 7.34. The fourth-order valence-corrected chi connectivity index (χ4v) is 1.91. The monoisotopic (exact) mass is 313 g/mol. The summed E-state index contributed by atoms with van der Waals surface area (Å²) in [6.45, 7) is 0.906. The van der Waals surface area contributed by atoms with E-state index in [4.69, 9.17) is 4.74 Å². The molecule has 1 amide bonds. The zero-order valence-electron chi connectivity index (χ0n) is 10.8. The molecule has 0 aromatic heterocycles. The van der Waals surface area contributed by atoms with Crippen LogP contribution in [-0.4, -0.2) is 36.3 Å². The number of alkyl halides is 1. The topological polar surface area (TPSA) is 29.5 Å². The number of carbonyl (C=O) groups is 1. The van der Waals surface area contributed by atoms with Crippen LogP contribution in [0.25, 0.3) is 0 Å². The van der Waals surface area contributed by atoms with Crippen LogP contribution in [0.1, 0.15) is 19.3 Å². The molecule has 0 heterocycles. The van der Waals surface area contributed by atoms with Gasteiger partial charge in [-0.3, -0.25) is 4.79 Å². The third-order valence-corrected chi connectivity index (χ3v) is 3.22. The number of ether oxygens (including phenoxy) is 1. The second-order valence-electron chi connectivity index (χ2n) is 4.17. The molecule has 0 bridgehead atoms. The van der Waals surface area contributed by atoms with Crippen molar-refractivity contribution in [3.8, 4) is 5.75 Å². The Balaban J connectivity index is 2.19. The molecule has 0 fully saturated rings. The van der Waals surface area contributed by atoms with Gasteiger partial charge in [0.05, 0.1) is 0 Å². The molecule has 3 nitrogen and oxygen atoms in total. The maximum atomic E-state index is 11.8. The van der Waals surface area contributed by atoms with Crippen LogP contribution in [0.5, 0.6) is 5.75 Å². The summed E-state index contributed by atoms with van der Waals surface area (Å²) in [5, 5.41) is 1.03. The molecule has 18 heavy (non-hydrogen) atoms. The third kappa shape index (κ3) is 6.05. The minimum absolute atomic E-state index is 0.0256. The molecule has 1 rings (SSSR count). The summed E-state index contributed by atoms with van der Waals surface area (Å²) in [6, 6.07) is 9.41. The third-order valence-electron chi connectivity index (χ3n) is 2.66. The average Bonchev–Trinajstić information content (AvgIpc) is 2.42. The van der Waals surface area contributed by atoms with Crippen LogP contribution in [0.3, 0.4) is 0 Å². The van der Waals surface area contributed by atoms with Gasteiger partial charge in [-0.1, -0.05) is 40.5 Å². The number of unbranched alkanes of at least 4 members (excludes halogenated alkanes) is 2. The van der Waals surface area contributed by atoms with Gasteiger partial charge in [0.1, 0.15) is 5.75 Å². The number of hydrogen-bond donors (Lipinski definition) is 0. The lowest BCUT2D eigenvalue weighted by Gasteiger charge is -2.17. The maximum Gasteiger partial charge on any atom is 0.260 e. The van der Waals surface area contributed by atoms with Crippen molar-refractivity contribution in [1.82, 2.24) is 4.90 Å². The van der Waals surface area contributed by atoms with Crippen LogP contribution in [0.15, 0.2) is 30.3 Å². The highest BCUT2D eigenvalue weighted by Crippen LogP contribution is 2.08. The molecule has 100 valence electrons. The van der Waals surface area contributed by atoms with Gasteiger partial charge in [0.2, 0.25) is 0 Å². The van der Waals surface area contributed by atoms with Crippen molar-refractivity contribution in [2.24, 2.45) is 0 Å². The highest BCUT2D eigenvalue weighted by Gasteiger charge is 2.08. The number of benzene rings is 1. The number of nitrogens with zero attached hydrogens (tertiary/aromatic N) is 1. The number of carbonyl (C=O) groups excluding carboxylic acids is 1. The first kappa shape index (κ1) is 15.0. The average molecular weight is 314 g/mol. The zero-order valence-corrected chi connectivity index (χ0v) is 12.4. The van der Waals surface area contributed by atoms with Crippen molar-refractivity contribution >= 4 is 21.8 Å². The second kappa shape index (κ2) is 8.97. The van der Waals surface area contributed by atoms with Gasteiger partial charge in [-0.05, 0) is 25.0 Å². The number of hydrogen-bond acceptors (Lipinski definition) is 2.